The van der Waals surface area contributed by atoms with Crippen molar-refractivity contribution in [3.8, 4) is 0 Å². The van der Waals surface area contributed by atoms with Crippen molar-refractivity contribution in [3.05, 3.63) is 27.7 Å². The van der Waals surface area contributed by atoms with Gasteiger partial charge in [0.2, 0.25) is 0 Å². The summed E-state index contributed by atoms with van der Waals surface area (Å²) in [7, 11) is 0. The van der Waals surface area contributed by atoms with Crippen molar-refractivity contribution >= 4 is 45.4 Å². The Bertz CT molecular complexity index is 571. The van der Waals surface area contributed by atoms with Crippen LogP contribution in [0.5, 0.6) is 0 Å². The molecule has 2 atom stereocenters. The number of benzene rings is 1. The lowest BCUT2D eigenvalue weighted by Crippen LogP contribution is -2.46. The second-order valence-electron chi connectivity index (χ2n) is 5.05. The molecule has 0 aromatic heterocycles. The van der Waals surface area contributed by atoms with E-state index in [1.165, 1.54) is 16.7 Å². The van der Waals surface area contributed by atoms with Crippen LogP contribution in [0.15, 0.2) is 16.6 Å². The number of halogens is 1. The number of amides is 2. The van der Waals surface area contributed by atoms with Crippen molar-refractivity contribution in [1.29, 1.82) is 0 Å². The number of urea groups is 1. The number of rotatable bonds is 2. The largest absolute Gasteiger partial charge is 0.480 e. The fourth-order valence-electron chi connectivity index (χ4n) is 2.35. The molecule has 7 heteroatoms. The quantitative estimate of drug-likeness (QED) is 0.833. The molecule has 114 valence electrons. The van der Waals surface area contributed by atoms with Gasteiger partial charge in [-0.1, -0.05) is 15.9 Å². The normalized spacial score (nSPS) is 21.4. The summed E-state index contributed by atoms with van der Waals surface area (Å²) in [6, 6.07) is 2.57. The minimum absolute atomic E-state index is 0.149. The Kier molecular flexibility index (Phi) is 4.83. The lowest BCUT2D eigenvalue weighted by Gasteiger charge is -2.25. The Morgan fingerprint density at radius 2 is 1.95 bits per heavy atom. The summed E-state index contributed by atoms with van der Waals surface area (Å²) in [5.74, 6) is -0.548. The predicted molar refractivity (Wildman–Crippen MR) is 87.8 cm³/mol. The van der Waals surface area contributed by atoms with Crippen molar-refractivity contribution in [1.82, 2.24) is 4.90 Å². The Morgan fingerprint density at radius 1 is 1.38 bits per heavy atom. The number of carboxylic acid groups (broad SMARTS) is 1. The highest BCUT2D eigenvalue weighted by atomic mass is 79.9. The van der Waals surface area contributed by atoms with Gasteiger partial charge in [-0.3, -0.25) is 4.90 Å². The summed E-state index contributed by atoms with van der Waals surface area (Å²) in [6.45, 7) is 5.73. The van der Waals surface area contributed by atoms with Gasteiger partial charge < -0.3 is 10.4 Å². The van der Waals surface area contributed by atoms with Crippen LogP contribution < -0.4 is 5.32 Å². The molecule has 1 aromatic rings. The van der Waals surface area contributed by atoms with Gasteiger partial charge in [0.1, 0.15) is 6.04 Å². The van der Waals surface area contributed by atoms with Crippen molar-refractivity contribution in [3.63, 3.8) is 0 Å². The molecule has 0 spiro atoms. The van der Waals surface area contributed by atoms with E-state index in [1.54, 1.807) is 0 Å². The van der Waals surface area contributed by atoms with Gasteiger partial charge in [0.25, 0.3) is 0 Å². The molecule has 5 nitrogen and oxygen atoms in total. The minimum Gasteiger partial charge on any atom is -0.480 e. The molecule has 1 heterocycles. The van der Waals surface area contributed by atoms with Crippen molar-refractivity contribution < 1.29 is 14.7 Å². The summed E-state index contributed by atoms with van der Waals surface area (Å²) in [5, 5.41) is 11.8. The number of nitrogens with zero attached hydrogens (tertiary/aromatic N) is 1. The SMILES string of the molecule is Cc1cc(NC(=O)N2C(C)SCC2C(=O)O)cc(C)c1Br. The molecule has 0 saturated carbocycles. The maximum Gasteiger partial charge on any atom is 0.327 e. The third-order valence-corrected chi connectivity index (χ3v) is 5.90. The van der Waals surface area contributed by atoms with Gasteiger partial charge in [0.15, 0.2) is 0 Å². The van der Waals surface area contributed by atoms with E-state index < -0.39 is 12.0 Å². The Balaban J connectivity index is 2.19. The summed E-state index contributed by atoms with van der Waals surface area (Å²) >= 11 is 4.95. The molecule has 21 heavy (non-hydrogen) atoms. The highest BCUT2D eigenvalue weighted by Gasteiger charge is 2.39. The second kappa shape index (κ2) is 6.27. The second-order valence-corrected chi connectivity index (χ2v) is 7.19. The number of thioether (sulfide) groups is 1. The first kappa shape index (κ1) is 16.2. The smallest absolute Gasteiger partial charge is 0.327 e. The van der Waals surface area contributed by atoms with E-state index >= 15 is 0 Å². The highest BCUT2D eigenvalue weighted by Crippen LogP contribution is 2.30. The van der Waals surface area contributed by atoms with Crippen LogP contribution >= 0.6 is 27.7 Å². The lowest BCUT2D eigenvalue weighted by atomic mass is 10.1. The maximum absolute atomic E-state index is 12.4. The van der Waals surface area contributed by atoms with E-state index in [0.717, 1.165) is 15.6 Å². The topological polar surface area (TPSA) is 69.6 Å². The van der Waals surface area contributed by atoms with Gasteiger partial charge in [-0.05, 0) is 44.0 Å². The molecule has 0 radical (unpaired) electrons. The van der Waals surface area contributed by atoms with E-state index in [1.807, 2.05) is 32.9 Å². The average Bonchev–Trinajstić information content (AvgIpc) is 2.78. The first-order valence-electron chi connectivity index (χ1n) is 6.51. The molecule has 1 aliphatic heterocycles. The van der Waals surface area contributed by atoms with Crippen molar-refractivity contribution in [2.75, 3.05) is 11.1 Å². The monoisotopic (exact) mass is 372 g/mol. The summed E-state index contributed by atoms with van der Waals surface area (Å²) in [5.41, 5.74) is 2.71. The van der Waals surface area contributed by atoms with Crippen LogP contribution in [0.1, 0.15) is 18.1 Å². The van der Waals surface area contributed by atoms with Crippen LogP contribution in [0.3, 0.4) is 0 Å². The van der Waals surface area contributed by atoms with Crippen molar-refractivity contribution in [2.24, 2.45) is 0 Å². The molecule has 1 saturated heterocycles. The maximum atomic E-state index is 12.4. The van der Waals surface area contributed by atoms with E-state index in [0.29, 0.717) is 11.4 Å². The number of carbonyl (C=O) groups is 2. The van der Waals surface area contributed by atoms with E-state index in [4.69, 9.17) is 0 Å². The number of carbonyl (C=O) groups excluding carboxylic acids is 1. The summed E-state index contributed by atoms with van der Waals surface area (Å²) < 4.78 is 1.01. The standard InChI is InChI=1S/C14H17BrN2O3S/c1-7-4-10(5-8(2)12(7)15)16-14(20)17-9(3)21-6-11(17)13(18)19/h4-5,9,11H,6H2,1-3H3,(H,16,20)(H,18,19). The highest BCUT2D eigenvalue weighted by molar-refractivity contribution is 9.10. The molecule has 1 aromatic carbocycles. The molecule has 2 amide bonds. The first-order valence-corrected chi connectivity index (χ1v) is 8.36. The van der Waals surface area contributed by atoms with E-state index in [9.17, 15) is 14.7 Å². The van der Waals surface area contributed by atoms with Crippen LogP contribution in [0, 0.1) is 13.8 Å². The molecule has 1 aliphatic rings. The van der Waals surface area contributed by atoms with Gasteiger partial charge in [-0.2, -0.15) is 0 Å². The van der Waals surface area contributed by atoms with Crippen LogP contribution in [-0.2, 0) is 4.79 Å². The molecule has 0 bridgehead atoms. The van der Waals surface area contributed by atoms with E-state index in [2.05, 4.69) is 21.2 Å². The lowest BCUT2D eigenvalue weighted by molar-refractivity contribution is -0.141. The molecule has 2 rings (SSSR count). The number of carboxylic acids is 1. The third-order valence-electron chi connectivity index (χ3n) is 3.43. The zero-order valence-corrected chi connectivity index (χ0v) is 14.4. The molecule has 0 aliphatic carbocycles. The van der Waals surface area contributed by atoms with Gasteiger partial charge in [0, 0.05) is 15.9 Å². The number of aryl methyl sites for hydroxylation is 2. The number of aliphatic carboxylic acids is 1. The molecular formula is C14H17BrN2O3S. The first-order chi connectivity index (χ1) is 9.81. The average molecular weight is 373 g/mol. The Hall–Kier alpha value is -1.21. The van der Waals surface area contributed by atoms with E-state index in [-0.39, 0.29) is 11.4 Å². The van der Waals surface area contributed by atoms with Crippen LogP contribution in [0.4, 0.5) is 10.5 Å². The molecule has 2 unspecified atom stereocenters. The molecule has 2 N–H and O–H groups in total. The predicted octanol–water partition coefficient (Wildman–Crippen LogP) is 3.45. The fourth-order valence-corrected chi connectivity index (χ4v) is 3.74. The zero-order valence-electron chi connectivity index (χ0n) is 12.0. The van der Waals surface area contributed by atoms with Crippen LogP contribution in [0.2, 0.25) is 0 Å². The summed E-state index contributed by atoms with van der Waals surface area (Å²) in [4.78, 5) is 25.0. The van der Waals surface area contributed by atoms with Gasteiger partial charge in [-0.15, -0.1) is 11.8 Å². The van der Waals surface area contributed by atoms with Gasteiger partial charge in [0.05, 0.1) is 5.37 Å². The van der Waals surface area contributed by atoms with Gasteiger partial charge >= 0.3 is 12.0 Å². The minimum atomic E-state index is -0.967. The van der Waals surface area contributed by atoms with Gasteiger partial charge in [-0.25, -0.2) is 9.59 Å². The number of anilines is 1. The third kappa shape index (κ3) is 3.35. The Labute approximate surface area is 136 Å². The number of nitrogens with one attached hydrogen (secondary N) is 1. The molecule has 1 fully saturated rings. The fraction of sp³-hybridized carbons (Fsp3) is 0.429. The molecular weight excluding hydrogens is 356 g/mol. The number of hydrogen-bond donors (Lipinski definition) is 2. The Morgan fingerprint density at radius 3 is 2.48 bits per heavy atom. The zero-order chi connectivity index (χ0) is 15.7. The number of hydrogen-bond acceptors (Lipinski definition) is 3. The summed E-state index contributed by atoms with van der Waals surface area (Å²) in [6.07, 6.45) is 0. The van der Waals surface area contributed by atoms with Crippen LogP contribution in [0.25, 0.3) is 0 Å². The van der Waals surface area contributed by atoms with Crippen LogP contribution in [-0.4, -0.2) is 39.2 Å². The van der Waals surface area contributed by atoms with Crippen molar-refractivity contribution in [2.45, 2.75) is 32.2 Å².